The van der Waals surface area contributed by atoms with Gasteiger partial charge in [0.2, 0.25) is 0 Å². The Bertz CT molecular complexity index is 874. The zero-order chi connectivity index (χ0) is 19.3. The second-order valence-corrected chi connectivity index (χ2v) is 5.30. The fourth-order valence-electron chi connectivity index (χ4n) is 1.95. The number of hydrogen-bond acceptors (Lipinski definition) is 6. The summed E-state index contributed by atoms with van der Waals surface area (Å²) in [5.41, 5.74) is -0.312. The summed E-state index contributed by atoms with van der Waals surface area (Å²) in [6, 6.07) is 6.94. The van der Waals surface area contributed by atoms with Crippen molar-refractivity contribution in [2.45, 2.75) is 0 Å². The smallest absolute Gasteiger partial charge is 0.342 e. The van der Waals surface area contributed by atoms with Gasteiger partial charge in [0.1, 0.15) is 17.1 Å². The molecule has 2 aromatic carbocycles. The molecule has 0 aromatic heterocycles. The lowest BCUT2D eigenvalue weighted by Crippen LogP contribution is -2.21. The fourth-order valence-corrected chi connectivity index (χ4v) is 2.13. The topological polar surface area (TPSA) is 108 Å². The summed E-state index contributed by atoms with van der Waals surface area (Å²) in [6.07, 6.45) is 0. The number of methoxy groups -OCH3 is 1. The Kier molecular flexibility index (Phi) is 6.07. The van der Waals surface area contributed by atoms with E-state index >= 15 is 0 Å². The average molecular weight is 383 g/mol. The molecule has 26 heavy (non-hydrogen) atoms. The number of anilines is 1. The van der Waals surface area contributed by atoms with Crippen LogP contribution < -0.4 is 10.1 Å². The van der Waals surface area contributed by atoms with E-state index in [0.717, 1.165) is 12.1 Å². The number of amides is 1. The van der Waals surface area contributed by atoms with Crippen LogP contribution in [0.3, 0.4) is 0 Å². The molecule has 2 rings (SSSR count). The highest BCUT2D eigenvalue weighted by Gasteiger charge is 2.19. The van der Waals surface area contributed by atoms with Crippen LogP contribution in [0.1, 0.15) is 10.4 Å². The molecular formula is C16H12ClFN2O6. The third-order valence-electron chi connectivity index (χ3n) is 3.15. The molecule has 8 nitrogen and oxygen atoms in total. The summed E-state index contributed by atoms with van der Waals surface area (Å²) in [6.45, 7) is -0.667. The van der Waals surface area contributed by atoms with Crippen molar-refractivity contribution in [3.05, 3.63) is 62.9 Å². The summed E-state index contributed by atoms with van der Waals surface area (Å²) in [7, 11) is 1.28. The van der Waals surface area contributed by atoms with Crippen molar-refractivity contribution in [2.75, 3.05) is 19.0 Å². The largest absolute Gasteiger partial charge is 0.496 e. The summed E-state index contributed by atoms with van der Waals surface area (Å²) >= 11 is 5.60. The Hall–Kier alpha value is -3.20. The summed E-state index contributed by atoms with van der Waals surface area (Å²) < 4.78 is 22.9. The molecular weight excluding hydrogens is 371 g/mol. The number of ether oxygens (including phenoxy) is 2. The molecule has 0 saturated carbocycles. The number of carbonyl (C=O) groups excluding carboxylic acids is 2. The second kappa shape index (κ2) is 8.26. The predicted octanol–water partition coefficient (Wildman–Crippen LogP) is 3.19. The lowest BCUT2D eigenvalue weighted by atomic mass is 10.2. The van der Waals surface area contributed by atoms with Crippen LogP contribution in [0.2, 0.25) is 5.02 Å². The van der Waals surface area contributed by atoms with Gasteiger partial charge >= 0.3 is 5.97 Å². The van der Waals surface area contributed by atoms with Gasteiger partial charge in [-0.15, -0.1) is 0 Å². The van der Waals surface area contributed by atoms with Crippen LogP contribution in [0.25, 0.3) is 0 Å². The number of nitrogens with zero attached hydrogens (tertiary/aromatic N) is 1. The van der Waals surface area contributed by atoms with Gasteiger partial charge in [-0.05, 0) is 24.3 Å². The standard InChI is InChI=1S/C16H12ClFN2O6/c1-25-14-5-3-10(20(23)24)7-11(14)16(22)26-8-15(21)19-9-2-4-13(18)12(17)6-9/h2-7H,8H2,1H3,(H,19,21). The highest BCUT2D eigenvalue weighted by molar-refractivity contribution is 6.31. The first-order chi connectivity index (χ1) is 12.3. The van der Waals surface area contributed by atoms with E-state index in [1.165, 1.54) is 31.4 Å². The number of halogens is 2. The van der Waals surface area contributed by atoms with E-state index in [-0.39, 0.29) is 27.7 Å². The maximum atomic E-state index is 13.1. The van der Waals surface area contributed by atoms with Crippen LogP contribution in [0.15, 0.2) is 36.4 Å². The molecule has 0 atom stereocenters. The van der Waals surface area contributed by atoms with Crippen molar-refractivity contribution in [1.82, 2.24) is 0 Å². The van der Waals surface area contributed by atoms with E-state index < -0.39 is 29.2 Å². The normalized spacial score (nSPS) is 10.1. The Morgan fingerprint density at radius 1 is 1.27 bits per heavy atom. The molecule has 0 unspecified atom stereocenters. The molecule has 0 radical (unpaired) electrons. The molecule has 1 N–H and O–H groups in total. The van der Waals surface area contributed by atoms with Gasteiger partial charge in [0.05, 0.1) is 17.1 Å². The molecule has 0 aliphatic heterocycles. The first-order valence-electron chi connectivity index (χ1n) is 7.06. The molecule has 2 aromatic rings. The van der Waals surface area contributed by atoms with Crippen LogP contribution in [0, 0.1) is 15.9 Å². The number of benzene rings is 2. The minimum absolute atomic E-state index is 0.0614. The Balaban J connectivity index is 2.03. The van der Waals surface area contributed by atoms with Gasteiger partial charge < -0.3 is 14.8 Å². The quantitative estimate of drug-likeness (QED) is 0.467. The molecule has 10 heteroatoms. The van der Waals surface area contributed by atoms with Crippen molar-refractivity contribution in [3.8, 4) is 5.75 Å². The van der Waals surface area contributed by atoms with Crippen LogP contribution in [0.4, 0.5) is 15.8 Å². The second-order valence-electron chi connectivity index (χ2n) is 4.89. The number of rotatable bonds is 6. The Labute approximate surface area is 151 Å². The van der Waals surface area contributed by atoms with Gasteiger partial charge in [0.15, 0.2) is 6.61 Å². The molecule has 0 fully saturated rings. The third kappa shape index (κ3) is 4.67. The maximum Gasteiger partial charge on any atom is 0.342 e. The van der Waals surface area contributed by atoms with Crippen molar-refractivity contribution >= 4 is 34.9 Å². The van der Waals surface area contributed by atoms with Crippen LogP contribution in [-0.2, 0) is 9.53 Å². The lowest BCUT2D eigenvalue weighted by Gasteiger charge is -2.09. The molecule has 0 saturated heterocycles. The van der Waals surface area contributed by atoms with Gasteiger partial charge in [0.25, 0.3) is 11.6 Å². The first kappa shape index (κ1) is 19.1. The molecule has 0 aliphatic carbocycles. The van der Waals surface area contributed by atoms with E-state index in [0.29, 0.717) is 0 Å². The number of carbonyl (C=O) groups is 2. The molecule has 0 aliphatic rings. The fraction of sp³-hybridized carbons (Fsp3) is 0.125. The van der Waals surface area contributed by atoms with Gasteiger partial charge in [0, 0.05) is 17.8 Å². The van der Waals surface area contributed by atoms with E-state index in [2.05, 4.69) is 5.32 Å². The summed E-state index contributed by atoms with van der Waals surface area (Å²) in [5, 5.41) is 13.0. The maximum absolute atomic E-state index is 13.1. The van der Waals surface area contributed by atoms with Gasteiger partial charge in [-0.25, -0.2) is 9.18 Å². The van der Waals surface area contributed by atoms with Crippen molar-refractivity contribution < 1.29 is 28.4 Å². The molecule has 0 bridgehead atoms. The van der Waals surface area contributed by atoms with Gasteiger partial charge in [-0.3, -0.25) is 14.9 Å². The summed E-state index contributed by atoms with van der Waals surface area (Å²) in [4.78, 5) is 34.0. The molecule has 0 spiro atoms. The van der Waals surface area contributed by atoms with Crippen molar-refractivity contribution in [2.24, 2.45) is 0 Å². The van der Waals surface area contributed by atoms with E-state index in [9.17, 15) is 24.1 Å². The first-order valence-corrected chi connectivity index (χ1v) is 7.44. The van der Waals surface area contributed by atoms with Gasteiger partial charge in [-0.1, -0.05) is 11.6 Å². The third-order valence-corrected chi connectivity index (χ3v) is 3.44. The predicted molar refractivity (Wildman–Crippen MR) is 90.0 cm³/mol. The highest BCUT2D eigenvalue weighted by Crippen LogP contribution is 2.25. The number of esters is 1. The minimum Gasteiger partial charge on any atom is -0.496 e. The van der Waals surface area contributed by atoms with E-state index in [4.69, 9.17) is 21.1 Å². The van der Waals surface area contributed by atoms with Crippen molar-refractivity contribution in [3.63, 3.8) is 0 Å². The highest BCUT2D eigenvalue weighted by atomic mass is 35.5. The number of non-ortho nitro benzene ring substituents is 1. The lowest BCUT2D eigenvalue weighted by molar-refractivity contribution is -0.384. The number of nitrogens with one attached hydrogen (secondary N) is 1. The van der Waals surface area contributed by atoms with Crippen LogP contribution >= 0.6 is 11.6 Å². The minimum atomic E-state index is -0.974. The average Bonchev–Trinajstić information content (AvgIpc) is 2.62. The Morgan fingerprint density at radius 2 is 2.00 bits per heavy atom. The Morgan fingerprint density at radius 3 is 2.62 bits per heavy atom. The van der Waals surface area contributed by atoms with Crippen LogP contribution in [-0.4, -0.2) is 30.5 Å². The zero-order valence-electron chi connectivity index (χ0n) is 13.3. The van der Waals surface area contributed by atoms with Gasteiger partial charge in [-0.2, -0.15) is 0 Å². The molecule has 0 heterocycles. The monoisotopic (exact) mass is 382 g/mol. The number of nitro groups is 1. The van der Waals surface area contributed by atoms with Crippen LogP contribution in [0.5, 0.6) is 5.75 Å². The van der Waals surface area contributed by atoms with E-state index in [1.807, 2.05) is 0 Å². The van der Waals surface area contributed by atoms with Crippen molar-refractivity contribution in [1.29, 1.82) is 0 Å². The van der Waals surface area contributed by atoms with E-state index in [1.54, 1.807) is 0 Å². The molecule has 1 amide bonds. The SMILES string of the molecule is COc1ccc([N+](=O)[O-])cc1C(=O)OCC(=O)Nc1ccc(F)c(Cl)c1. The number of hydrogen-bond donors (Lipinski definition) is 1. The summed E-state index contributed by atoms with van der Waals surface area (Å²) in [5.74, 6) is -2.26. The molecule has 136 valence electrons. The number of nitro benzene ring substituents is 1. The zero-order valence-corrected chi connectivity index (χ0v) is 14.1.